The van der Waals surface area contributed by atoms with E-state index in [1.54, 1.807) is 0 Å². The fourth-order valence-corrected chi connectivity index (χ4v) is 2.28. The summed E-state index contributed by atoms with van der Waals surface area (Å²) >= 11 is 0. The first-order valence-electron chi connectivity index (χ1n) is 5.98. The van der Waals surface area contributed by atoms with Gasteiger partial charge in [0.2, 0.25) is 5.91 Å². The molecule has 1 unspecified atom stereocenters. The van der Waals surface area contributed by atoms with Gasteiger partial charge in [0.15, 0.2) is 0 Å². The third kappa shape index (κ3) is 3.92. The van der Waals surface area contributed by atoms with Crippen molar-refractivity contribution in [2.45, 2.75) is 44.2 Å². The molecule has 1 saturated heterocycles. The number of rotatable bonds is 2. The Hall–Kier alpha value is -0.320. The summed E-state index contributed by atoms with van der Waals surface area (Å²) in [4.78, 5) is 11.8. The quantitative estimate of drug-likeness (QED) is 0.762. The normalized spacial score (nSPS) is 26.9. The second kappa shape index (κ2) is 7.09. The first-order valence-corrected chi connectivity index (χ1v) is 5.98. The lowest BCUT2D eigenvalue weighted by Gasteiger charge is -2.27. The van der Waals surface area contributed by atoms with Gasteiger partial charge in [-0.1, -0.05) is 19.3 Å². The van der Waals surface area contributed by atoms with Crippen LogP contribution in [0, 0.1) is 0 Å². The zero-order chi connectivity index (χ0) is 10.5. The van der Waals surface area contributed by atoms with E-state index in [0.29, 0.717) is 19.3 Å². The second-order valence-electron chi connectivity index (χ2n) is 4.43. The van der Waals surface area contributed by atoms with Gasteiger partial charge >= 0.3 is 0 Å². The topological polar surface area (TPSA) is 50.4 Å². The van der Waals surface area contributed by atoms with Gasteiger partial charge in [0.05, 0.1) is 13.2 Å². The molecular formula is C11H21ClN2O2. The van der Waals surface area contributed by atoms with Crippen molar-refractivity contribution in [2.75, 3.05) is 19.8 Å². The summed E-state index contributed by atoms with van der Waals surface area (Å²) in [5, 5.41) is 6.28. The molecule has 2 N–H and O–H groups in total. The molecule has 5 heteroatoms. The maximum Gasteiger partial charge on any atom is 0.239 e. The van der Waals surface area contributed by atoms with E-state index in [2.05, 4.69) is 10.6 Å². The molecule has 2 rings (SSSR count). The zero-order valence-corrected chi connectivity index (χ0v) is 10.4. The van der Waals surface area contributed by atoms with Gasteiger partial charge in [0.1, 0.15) is 6.04 Å². The van der Waals surface area contributed by atoms with E-state index in [4.69, 9.17) is 4.74 Å². The summed E-state index contributed by atoms with van der Waals surface area (Å²) < 4.78 is 5.27. The van der Waals surface area contributed by atoms with Gasteiger partial charge in [-0.2, -0.15) is 0 Å². The first kappa shape index (κ1) is 13.7. The van der Waals surface area contributed by atoms with E-state index in [1.807, 2.05) is 0 Å². The predicted octanol–water partition coefficient (Wildman–Crippen LogP) is 0.845. The lowest BCUT2D eigenvalue weighted by atomic mass is 9.95. The van der Waals surface area contributed by atoms with Crippen molar-refractivity contribution in [1.29, 1.82) is 0 Å². The molecule has 16 heavy (non-hydrogen) atoms. The van der Waals surface area contributed by atoms with Gasteiger partial charge < -0.3 is 15.4 Å². The highest BCUT2D eigenvalue weighted by Crippen LogP contribution is 2.17. The van der Waals surface area contributed by atoms with Crippen LogP contribution in [0.4, 0.5) is 0 Å². The van der Waals surface area contributed by atoms with Gasteiger partial charge in [0.25, 0.3) is 0 Å². The van der Waals surface area contributed by atoms with Crippen LogP contribution in [0.2, 0.25) is 0 Å². The molecule has 0 aromatic heterocycles. The average Bonchev–Trinajstić information content (AvgIpc) is 2.31. The molecule has 4 nitrogen and oxygen atoms in total. The molecule has 0 aromatic carbocycles. The maximum atomic E-state index is 11.8. The Morgan fingerprint density at radius 3 is 2.62 bits per heavy atom. The van der Waals surface area contributed by atoms with Crippen LogP contribution in [0.15, 0.2) is 0 Å². The van der Waals surface area contributed by atoms with Gasteiger partial charge in [-0.15, -0.1) is 12.4 Å². The standard InChI is InChI=1S/C11H20N2O2.ClH/c14-11(10-8-15-7-6-12-10)13-9-4-2-1-3-5-9;/h9-10,12H,1-8H2,(H,13,14);1H. The van der Waals surface area contributed by atoms with E-state index in [9.17, 15) is 4.79 Å². The minimum atomic E-state index is -0.138. The lowest BCUT2D eigenvalue weighted by molar-refractivity contribution is -0.126. The number of halogens is 1. The van der Waals surface area contributed by atoms with Crippen molar-refractivity contribution < 1.29 is 9.53 Å². The summed E-state index contributed by atoms with van der Waals surface area (Å²) in [7, 11) is 0. The highest BCUT2D eigenvalue weighted by atomic mass is 35.5. The monoisotopic (exact) mass is 248 g/mol. The predicted molar refractivity (Wildman–Crippen MR) is 64.9 cm³/mol. The Morgan fingerprint density at radius 1 is 1.25 bits per heavy atom. The molecule has 94 valence electrons. The Balaban J connectivity index is 0.00000128. The SMILES string of the molecule is Cl.O=C(NC1CCCCC1)C1COCCN1. The first-order chi connectivity index (χ1) is 7.36. The van der Waals surface area contributed by atoms with Crippen LogP contribution in [0.1, 0.15) is 32.1 Å². The maximum absolute atomic E-state index is 11.8. The van der Waals surface area contributed by atoms with E-state index in [1.165, 1.54) is 19.3 Å². The van der Waals surface area contributed by atoms with Crippen LogP contribution in [0.3, 0.4) is 0 Å². The molecule has 1 saturated carbocycles. The third-order valence-electron chi connectivity index (χ3n) is 3.19. The van der Waals surface area contributed by atoms with Crippen molar-refractivity contribution in [2.24, 2.45) is 0 Å². The number of amides is 1. The fraction of sp³-hybridized carbons (Fsp3) is 0.909. The molecule has 0 aromatic rings. The number of carbonyl (C=O) groups is 1. The molecule has 1 aliphatic heterocycles. The van der Waals surface area contributed by atoms with Crippen LogP contribution in [-0.2, 0) is 9.53 Å². The molecule has 1 aliphatic carbocycles. The van der Waals surface area contributed by atoms with Gasteiger partial charge in [-0.05, 0) is 12.8 Å². The van der Waals surface area contributed by atoms with E-state index in [-0.39, 0.29) is 24.4 Å². The number of hydrogen-bond donors (Lipinski definition) is 2. The van der Waals surface area contributed by atoms with Gasteiger partial charge in [0, 0.05) is 12.6 Å². The lowest BCUT2D eigenvalue weighted by Crippen LogP contribution is -2.53. The van der Waals surface area contributed by atoms with E-state index in [0.717, 1.165) is 19.4 Å². The van der Waals surface area contributed by atoms with Crippen molar-refractivity contribution in [3.05, 3.63) is 0 Å². The average molecular weight is 249 g/mol. The smallest absolute Gasteiger partial charge is 0.239 e. The summed E-state index contributed by atoms with van der Waals surface area (Å²) in [5.41, 5.74) is 0. The Bertz CT molecular complexity index is 214. The van der Waals surface area contributed by atoms with Crippen molar-refractivity contribution in [1.82, 2.24) is 10.6 Å². The van der Waals surface area contributed by atoms with Crippen molar-refractivity contribution in [3.8, 4) is 0 Å². The molecule has 0 spiro atoms. The summed E-state index contributed by atoms with van der Waals surface area (Å²) in [6.07, 6.45) is 6.09. The largest absolute Gasteiger partial charge is 0.378 e. The Labute approximate surface area is 103 Å². The molecule has 1 heterocycles. The fourth-order valence-electron chi connectivity index (χ4n) is 2.28. The van der Waals surface area contributed by atoms with Crippen LogP contribution >= 0.6 is 12.4 Å². The number of nitrogens with one attached hydrogen (secondary N) is 2. The van der Waals surface area contributed by atoms with Crippen LogP contribution in [0.25, 0.3) is 0 Å². The molecule has 2 aliphatic rings. The van der Waals surface area contributed by atoms with Gasteiger partial charge in [-0.25, -0.2) is 0 Å². The summed E-state index contributed by atoms with van der Waals surface area (Å²) in [5.74, 6) is 0.113. The Kier molecular flexibility index (Phi) is 6.09. The number of hydrogen-bond acceptors (Lipinski definition) is 3. The van der Waals surface area contributed by atoms with E-state index < -0.39 is 0 Å². The molecule has 1 amide bonds. The molecular weight excluding hydrogens is 228 g/mol. The minimum absolute atomic E-state index is 0. The molecule has 0 bridgehead atoms. The van der Waals surface area contributed by atoms with Crippen LogP contribution < -0.4 is 10.6 Å². The molecule has 0 radical (unpaired) electrons. The van der Waals surface area contributed by atoms with E-state index >= 15 is 0 Å². The number of ether oxygens (including phenoxy) is 1. The van der Waals surface area contributed by atoms with Crippen molar-refractivity contribution >= 4 is 18.3 Å². The highest BCUT2D eigenvalue weighted by Gasteiger charge is 2.24. The highest BCUT2D eigenvalue weighted by molar-refractivity contribution is 5.85. The summed E-state index contributed by atoms with van der Waals surface area (Å²) in [6, 6.07) is 0.260. The summed E-state index contributed by atoms with van der Waals surface area (Å²) in [6.45, 7) is 2.01. The zero-order valence-electron chi connectivity index (χ0n) is 9.54. The van der Waals surface area contributed by atoms with Gasteiger partial charge in [-0.3, -0.25) is 4.79 Å². The molecule has 1 atom stereocenters. The van der Waals surface area contributed by atoms with Crippen LogP contribution in [-0.4, -0.2) is 37.7 Å². The molecule has 2 fully saturated rings. The third-order valence-corrected chi connectivity index (χ3v) is 3.19. The number of carbonyl (C=O) groups excluding carboxylic acids is 1. The number of morpholine rings is 1. The minimum Gasteiger partial charge on any atom is -0.378 e. The van der Waals surface area contributed by atoms with Crippen LogP contribution in [0.5, 0.6) is 0 Å². The van der Waals surface area contributed by atoms with Crippen molar-refractivity contribution in [3.63, 3.8) is 0 Å². The second-order valence-corrected chi connectivity index (χ2v) is 4.43. The Morgan fingerprint density at radius 2 is 2.00 bits per heavy atom.